The number of nitrogens with one attached hydrogen (secondary N) is 1. The first-order chi connectivity index (χ1) is 13.3. The Labute approximate surface area is 156 Å². The van der Waals surface area contributed by atoms with E-state index in [-0.39, 0.29) is 0 Å². The maximum atomic E-state index is 5.51. The van der Waals surface area contributed by atoms with Crippen molar-refractivity contribution in [1.82, 2.24) is 4.98 Å². The first-order valence-corrected chi connectivity index (χ1v) is 8.76. The summed E-state index contributed by atoms with van der Waals surface area (Å²) in [5.41, 5.74) is 10.7. The summed E-state index contributed by atoms with van der Waals surface area (Å²) in [6, 6.07) is 18.0. The number of nitrogens with two attached hydrogens (primary N) is 1. The third kappa shape index (κ3) is 3.47. The van der Waals surface area contributed by atoms with Gasteiger partial charge in [0.05, 0.1) is 28.6 Å². The molecule has 6 heteroatoms. The number of para-hydroxylation sites is 1. The smallest absolute Gasteiger partial charge is 0.228 e. The van der Waals surface area contributed by atoms with E-state index in [1.165, 1.54) is 0 Å². The molecule has 0 saturated heterocycles. The minimum atomic E-state index is 0.410. The average molecular weight is 360 g/mol. The van der Waals surface area contributed by atoms with Crippen LogP contribution in [0.2, 0.25) is 0 Å². The minimum Gasteiger partial charge on any atom is -0.446 e. The molecule has 0 atom stereocenters. The van der Waals surface area contributed by atoms with Gasteiger partial charge in [-0.2, -0.15) is 0 Å². The summed E-state index contributed by atoms with van der Waals surface area (Å²) in [6.07, 6.45) is 1.66. The van der Waals surface area contributed by atoms with Crippen molar-refractivity contribution < 1.29 is 9.25 Å². The molecular weight excluding hydrogens is 340 g/mol. The van der Waals surface area contributed by atoms with E-state index in [9.17, 15) is 0 Å². The van der Waals surface area contributed by atoms with Gasteiger partial charge in [0, 0.05) is 17.6 Å². The van der Waals surface area contributed by atoms with Crippen molar-refractivity contribution in [2.75, 3.05) is 18.5 Å². The number of anilines is 2. The second-order valence-corrected chi connectivity index (χ2v) is 6.14. The van der Waals surface area contributed by atoms with E-state index < -0.39 is 0 Å². The first-order valence-electron chi connectivity index (χ1n) is 8.76. The zero-order valence-electron chi connectivity index (χ0n) is 15.0. The lowest BCUT2D eigenvalue weighted by Crippen LogP contribution is -2.07. The van der Waals surface area contributed by atoms with Gasteiger partial charge in [0.25, 0.3) is 0 Å². The Hall–Kier alpha value is -3.38. The number of oxime groups is 1. The van der Waals surface area contributed by atoms with Gasteiger partial charge in [-0.3, -0.25) is 0 Å². The fourth-order valence-electron chi connectivity index (χ4n) is 2.94. The molecule has 0 fully saturated rings. The average Bonchev–Trinajstić information content (AvgIpc) is 3.17. The van der Waals surface area contributed by atoms with Crippen LogP contribution in [0.5, 0.6) is 0 Å². The number of hydrogen-bond donors (Lipinski definition) is 2. The van der Waals surface area contributed by atoms with Gasteiger partial charge in [-0.25, -0.2) is 4.98 Å². The molecule has 4 rings (SSSR count). The standard InChI is InChI=1S/C21H20N4O2/c1-14(25-27-13-11-22)15-6-8-16(9-7-15)23-20-17-4-2-3-5-19(17)24-21-18(20)10-12-26-21/h2-10,12H,11,13,22H2,1H3,(H,23,24)/b25-14+. The Morgan fingerprint density at radius 1 is 1.11 bits per heavy atom. The Morgan fingerprint density at radius 3 is 2.74 bits per heavy atom. The molecule has 2 aromatic carbocycles. The van der Waals surface area contributed by atoms with Gasteiger partial charge in [-0.05, 0) is 36.8 Å². The van der Waals surface area contributed by atoms with Crippen molar-refractivity contribution >= 4 is 39.1 Å². The summed E-state index contributed by atoms with van der Waals surface area (Å²) in [7, 11) is 0. The highest BCUT2D eigenvalue weighted by Gasteiger charge is 2.11. The van der Waals surface area contributed by atoms with Crippen LogP contribution in [0.4, 0.5) is 11.4 Å². The molecule has 2 heterocycles. The van der Waals surface area contributed by atoms with Gasteiger partial charge < -0.3 is 20.3 Å². The Kier molecular flexibility index (Phi) is 4.72. The number of aromatic nitrogens is 1. The van der Waals surface area contributed by atoms with E-state index in [4.69, 9.17) is 15.0 Å². The lowest BCUT2D eigenvalue weighted by molar-refractivity contribution is 0.152. The molecule has 0 radical (unpaired) electrons. The monoisotopic (exact) mass is 360 g/mol. The lowest BCUT2D eigenvalue weighted by atomic mass is 10.1. The molecule has 0 saturated carbocycles. The van der Waals surface area contributed by atoms with Crippen LogP contribution in [0.1, 0.15) is 12.5 Å². The van der Waals surface area contributed by atoms with Gasteiger partial charge in [0.1, 0.15) is 6.61 Å². The van der Waals surface area contributed by atoms with Gasteiger partial charge in [0.15, 0.2) is 0 Å². The third-order valence-electron chi connectivity index (χ3n) is 4.29. The van der Waals surface area contributed by atoms with Gasteiger partial charge >= 0.3 is 0 Å². The minimum absolute atomic E-state index is 0.410. The van der Waals surface area contributed by atoms with Gasteiger partial charge in [0.2, 0.25) is 5.71 Å². The van der Waals surface area contributed by atoms with Crippen LogP contribution in [0.3, 0.4) is 0 Å². The molecule has 136 valence electrons. The number of nitrogens with zero attached hydrogens (tertiary/aromatic N) is 2. The highest BCUT2D eigenvalue weighted by molar-refractivity contribution is 6.07. The zero-order chi connectivity index (χ0) is 18.6. The maximum Gasteiger partial charge on any atom is 0.228 e. The predicted octanol–water partition coefficient (Wildman–Crippen LogP) is 4.42. The van der Waals surface area contributed by atoms with Gasteiger partial charge in [-0.15, -0.1) is 0 Å². The highest BCUT2D eigenvalue weighted by Crippen LogP contribution is 2.33. The van der Waals surface area contributed by atoms with Crippen molar-refractivity contribution in [3.63, 3.8) is 0 Å². The van der Waals surface area contributed by atoms with Gasteiger partial charge in [-0.1, -0.05) is 35.5 Å². The quantitative estimate of drug-likeness (QED) is 0.302. The van der Waals surface area contributed by atoms with Crippen LogP contribution < -0.4 is 11.1 Å². The van der Waals surface area contributed by atoms with Crippen LogP contribution in [-0.4, -0.2) is 23.8 Å². The van der Waals surface area contributed by atoms with Crippen LogP contribution in [0.15, 0.2) is 70.4 Å². The fraction of sp³-hybridized carbons (Fsp3) is 0.143. The summed E-state index contributed by atoms with van der Waals surface area (Å²) in [4.78, 5) is 9.71. The number of hydrogen-bond acceptors (Lipinski definition) is 6. The molecule has 2 aromatic heterocycles. The van der Waals surface area contributed by atoms with Crippen molar-refractivity contribution in [3.05, 3.63) is 66.4 Å². The predicted molar refractivity (Wildman–Crippen MR) is 108 cm³/mol. The lowest BCUT2D eigenvalue weighted by Gasteiger charge is -2.11. The molecule has 0 bridgehead atoms. The van der Waals surface area contributed by atoms with E-state index in [0.29, 0.717) is 18.9 Å². The number of benzene rings is 2. The van der Waals surface area contributed by atoms with E-state index in [1.54, 1.807) is 6.26 Å². The molecule has 4 aromatic rings. The summed E-state index contributed by atoms with van der Waals surface area (Å²) in [5, 5.41) is 9.57. The third-order valence-corrected chi connectivity index (χ3v) is 4.29. The van der Waals surface area contributed by atoms with Crippen LogP contribution in [0.25, 0.3) is 22.0 Å². The Bertz CT molecular complexity index is 1100. The van der Waals surface area contributed by atoms with Crippen LogP contribution >= 0.6 is 0 Å². The number of pyridine rings is 1. The highest BCUT2D eigenvalue weighted by atomic mass is 16.6. The first kappa shape index (κ1) is 17.1. The summed E-state index contributed by atoms with van der Waals surface area (Å²) in [5.74, 6) is 0. The second kappa shape index (κ2) is 7.47. The van der Waals surface area contributed by atoms with Crippen molar-refractivity contribution in [2.45, 2.75) is 6.92 Å². The number of fused-ring (bicyclic) bond motifs is 2. The summed E-state index contributed by atoms with van der Waals surface area (Å²) >= 11 is 0. The molecule has 0 unspecified atom stereocenters. The van der Waals surface area contributed by atoms with E-state index in [2.05, 4.69) is 21.5 Å². The van der Waals surface area contributed by atoms with Crippen LogP contribution in [-0.2, 0) is 4.84 Å². The molecule has 0 aliphatic carbocycles. The molecule has 0 spiro atoms. The van der Waals surface area contributed by atoms with E-state index in [1.807, 2.05) is 55.5 Å². The molecule has 0 aliphatic heterocycles. The van der Waals surface area contributed by atoms with Crippen molar-refractivity contribution in [3.8, 4) is 0 Å². The normalized spacial score (nSPS) is 11.9. The second-order valence-electron chi connectivity index (χ2n) is 6.14. The largest absolute Gasteiger partial charge is 0.446 e. The molecule has 6 nitrogen and oxygen atoms in total. The van der Waals surface area contributed by atoms with Crippen LogP contribution in [0, 0.1) is 0 Å². The Balaban J connectivity index is 1.66. The van der Waals surface area contributed by atoms with E-state index >= 15 is 0 Å². The summed E-state index contributed by atoms with van der Waals surface area (Å²) < 4.78 is 5.51. The number of furan rings is 1. The summed E-state index contributed by atoms with van der Waals surface area (Å²) in [6.45, 7) is 2.76. The molecule has 3 N–H and O–H groups in total. The molecule has 0 aliphatic rings. The van der Waals surface area contributed by atoms with Crippen molar-refractivity contribution in [2.24, 2.45) is 10.9 Å². The molecule has 0 amide bonds. The SMILES string of the molecule is C/C(=N\OCCN)c1ccc(Nc2c3ccccc3nc3occc23)cc1. The maximum absolute atomic E-state index is 5.51. The fourth-order valence-corrected chi connectivity index (χ4v) is 2.94. The van der Waals surface area contributed by atoms with Crippen molar-refractivity contribution in [1.29, 1.82) is 0 Å². The number of rotatable bonds is 6. The topological polar surface area (TPSA) is 85.7 Å². The Morgan fingerprint density at radius 2 is 1.93 bits per heavy atom. The molecule has 27 heavy (non-hydrogen) atoms. The zero-order valence-corrected chi connectivity index (χ0v) is 15.0. The molecular formula is C21H20N4O2. The van der Waals surface area contributed by atoms with E-state index in [0.717, 1.165) is 38.9 Å².